The van der Waals surface area contributed by atoms with E-state index in [0.29, 0.717) is 19.3 Å². The first kappa shape index (κ1) is 44.8. The molecule has 0 radical (unpaired) electrons. The average Bonchev–Trinajstić information content (AvgIpc) is 3.03. The minimum absolute atomic E-state index is 0.0315. The van der Waals surface area contributed by atoms with E-state index in [1.54, 1.807) is 0 Å². The molecule has 0 saturated carbocycles. The normalized spacial score (nSPS) is 13.9. The molecule has 0 spiro atoms. The van der Waals surface area contributed by atoms with Gasteiger partial charge in [-0.2, -0.15) is 0 Å². The molecule has 0 heterocycles. The van der Waals surface area contributed by atoms with Crippen LogP contribution in [0.3, 0.4) is 0 Å². The third kappa shape index (κ3) is 29.0. The van der Waals surface area contributed by atoms with Crippen LogP contribution in [0.25, 0.3) is 0 Å². The minimum atomic E-state index is -0.891. The minimum Gasteiger partial charge on any atom is -0.477 e. The average molecular weight is 673 g/mol. The zero-order valence-corrected chi connectivity index (χ0v) is 30.7. The summed E-state index contributed by atoms with van der Waals surface area (Å²) in [6.45, 7) is 4.44. The van der Waals surface area contributed by atoms with E-state index in [2.05, 4.69) is 38.2 Å². The summed E-state index contributed by atoms with van der Waals surface area (Å²) in [4.78, 5) is 36.6. The van der Waals surface area contributed by atoms with Gasteiger partial charge in [0.15, 0.2) is 12.1 Å². The van der Waals surface area contributed by atoms with Crippen LogP contribution in [0.2, 0.25) is 0 Å². The van der Waals surface area contributed by atoms with E-state index in [9.17, 15) is 19.5 Å². The van der Waals surface area contributed by atoms with E-state index < -0.39 is 18.1 Å². The molecule has 0 aliphatic carbocycles. The monoisotopic (exact) mass is 672 g/mol. The van der Waals surface area contributed by atoms with E-state index in [-0.39, 0.29) is 42.7 Å². The molecule has 2 unspecified atom stereocenters. The van der Waals surface area contributed by atoms with Gasteiger partial charge in [-0.1, -0.05) is 112 Å². The van der Waals surface area contributed by atoms with Crippen LogP contribution < -0.4 is 0 Å². The first-order valence-corrected chi connectivity index (χ1v) is 18.0. The van der Waals surface area contributed by atoms with Crippen molar-refractivity contribution in [2.24, 2.45) is 0 Å². The number of ether oxygens (including phenoxy) is 3. The molecule has 0 rings (SSSR count). The summed E-state index contributed by atoms with van der Waals surface area (Å²) in [7, 11) is 5.48. The lowest BCUT2D eigenvalue weighted by Crippen LogP contribution is -2.50. The van der Waals surface area contributed by atoms with E-state index in [0.717, 1.165) is 44.9 Å². The Morgan fingerprint density at radius 2 is 1.21 bits per heavy atom. The van der Waals surface area contributed by atoms with E-state index in [1.165, 1.54) is 25.7 Å². The number of carboxylic acids is 1. The molecule has 272 valence electrons. The summed E-state index contributed by atoms with van der Waals surface area (Å²) in [6, 6.07) is -0.627. The van der Waals surface area contributed by atoms with Gasteiger partial charge in [-0.3, -0.25) is 9.59 Å². The molecule has 0 aromatic carbocycles. The Labute approximate surface area is 291 Å². The van der Waals surface area contributed by atoms with Crippen LogP contribution >= 0.6 is 0 Å². The predicted octanol–water partition coefficient (Wildman–Crippen LogP) is 8.85. The second kappa shape index (κ2) is 31.1. The molecule has 0 aromatic heterocycles. The van der Waals surface area contributed by atoms with Crippen molar-refractivity contribution in [1.29, 1.82) is 0 Å². The Balaban J connectivity index is 4.57. The Morgan fingerprint density at radius 1 is 0.646 bits per heavy atom. The molecule has 0 fully saturated rings. The second-order valence-electron chi connectivity index (χ2n) is 12.9. The highest BCUT2D eigenvalue weighted by molar-refractivity contribution is 5.72. The fourth-order valence-electron chi connectivity index (χ4n) is 4.64. The molecule has 0 amide bonds. The molecule has 0 aliphatic heterocycles. The van der Waals surface area contributed by atoms with Gasteiger partial charge in [-0.15, -0.1) is 0 Å². The predicted molar refractivity (Wildman–Crippen MR) is 197 cm³/mol. The van der Waals surface area contributed by atoms with Crippen LogP contribution in [0, 0.1) is 0 Å². The summed E-state index contributed by atoms with van der Waals surface area (Å²) >= 11 is 0. The highest BCUT2D eigenvalue weighted by Crippen LogP contribution is 2.11. The van der Waals surface area contributed by atoms with Crippen LogP contribution in [0.1, 0.15) is 110 Å². The molecule has 1 N–H and O–H groups in total. The standard InChI is InChI=1S/C40H65NO7/c1-6-8-10-12-14-16-17-18-19-20-21-23-24-26-28-30-38(42)47-35-36(34-46-33-32-37(40(44)45)41(3,4)5)48-39(43)31-29-27-25-22-15-13-11-9-7-2/h8,10,12,14,16-22,25,36-37H,6-7,9,11,13,15,23-24,26-35H2,1-5H3/p+1/b10-8+,14-12+,17-16+,19-18+,21-20+,25-22+. The van der Waals surface area contributed by atoms with Gasteiger partial charge in [0, 0.05) is 19.3 Å². The number of quaternary nitrogens is 1. The summed E-state index contributed by atoms with van der Waals surface area (Å²) in [5.74, 6) is -1.58. The molecular formula is C40H66NO7+. The molecule has 0 aromatic rings. The van der Waals surface area contributed by atoms with Crippen molar-refractivity contribution < 1.29 is 38.2 Å². The molecule has 0 bridgehead atoms. The Bertz CT molecular complexity index is 1020. The first-order valence-electron chi connectivity index (χ1n) is 18.0. The maximum Gasteiger partial charge on any atom is 0.362 e. The van der Waals surface area contributed by atoms with E-state index in [1.807, 2.05) is 69.8 Å². The number of carbonyl (C=O) groups is 3. The van der Waals surface area contributed by atoms with E-state index >= 15 is 0 Å². The maximum atomic E-state index is 12.6. The third-order valence-corrected chi connectivity index (χ3v) is 7.47. The number of nitrogens with zero attached hydrogens (tertiary/aromatic N) is 1. The Kier molecular flexibility index (Phi) is 29.0. The van der Waals surface area contributed by atoms with Gasteiger partial charge in [-0.25, -0.2) is 4.79 Å². The van der Waals surface area contributed by atoms with Gasteiger partial charge in [0.1, 0.15) is 6.61 Å². The molecule has 8 heteroatoms. The number of aliphatic carboxylic acids is 1. The number of rotatable bonds is 30. The fraction of sp³-hybridized carbons (Fsp3) is 0.625. The fourth-order valence-corrected chi connectivity index (χ4v) is 4.64. The van der Waals surface area contributed by atoms with Crippen molar-refractivity contribution in [3.8, 4) is 0 Å². The van der Waals surface area contributed by atoms with Crippen LogP contribution in [0.5, 0.6) is 0 Å². The SMILES string of the molecule is CC/C=C/C=C/C=C/C=C/C=C/CCCCCC(=O)OCC(COCCC(C(=O)O)[N+](C)(C)C)OC(=O)CCC/C=C/CCCCCC. The maximum absolute atomic E-state index is 12.6. The van der Waals surface area contributed by atoms with Crippen LogP contribution in [-0.2, 0) is 28.6 Å². The van der Waals surface area contributed by atoms with E-state index in [4.69, 9.17) is 14.2 Å². The van der Waals surface area contributed by atoms with Gasteiger partial charge in [0.25, 0.3) is 0 Å². The zero-order valence-electron chi connectivity index (χ0n) is 30.7. The lowest BCUT2D eigenvalue weighted by Gasteiger charge is -2.31. The highest BCUT2D eigenvalue weighted by atomic mass is 16.6. The largest absolute Gasteiger partial charge is 0.477 e. The summed E-state index contributed by atoms with van der Waals surface area (Å²) in [5, 5.41) is 9.56. The number of likely N-dealkylation sites (N-methyl/N-ethyl adjacent to an activating group) is 1. The van der Waals surface area contributed by atoms with Crippen molar-refractivity contribution in [3.05, 3.63) is 72.9 Å². The van der Waals surface area contributed by atoms with Crippen molar-refractivity contribution in [1.82, 2.24) is 0 Å². The van der Waals surface area contributed by atoms with Gasteiger partial charge in [0.2, 0.25) is 0 Å². The van der Waals surface area contributed by atoms with Crippen LogP contribution in [-0.4, -0.2) is 80.6 Å². The van der Waals surface area contributed by atoms with Gasteiger partial charge in [0.05, 0.1) is 34.4 Å². The summed E-state index contributed by atoms with van der Waals surface area (Å²) in [5.41, 5.74) is 0. The van der Waals surface area contributed by atoms with Gasteiger partial charge in [-0.05, 0) is 51.4 Å². The number of carboxylic acid groups (broad SMARTS) is 1. The molecule has 0 aliphatic rings. The van der Waals surface area contributed by atoms with Crippen LogP contribution in [0.4, 0.5) is 0 Å². The highest BCUT2D eigenvalue weighted by Gasteiger charge is 2.31. The number of unbranched alkanes of at least 4 members (excludes halogenated alkanes) is 8. The van der Waals surface area contributed by atoms with Crippen molar-refractivity contribution in [2.45, 2.75) is 122 Å². The number of carbonyl (C=O) groups excluding carboxylic acids is 2. The number of esters is 2. The summed E-state index contributed by atoms with van der Waals surface area (Å²) in [6.07, 6.45) is 36.7. The number of allylic oxidation sites excluding steroid dienone is 12. The van der Waals surface area contributed by atoms with Crippen LogP contribution in [0.15, 0.2) is 72.9 Å². The second-order valence-corrected chi connectivity index (χ2v) is 12.9. The van der Waals surface area contributed by atoms with Gasteiger partial charge < -0.3 is 23.8 Å². The zero-order chi connectivity index (χ0) is 35.7. The Hall–Kier alpha value is -3.23. The van der Waals surface area contributed by atoms with Crippen molar-refractivity contribution >= 4 is 17.9 Å². The molecule has 8 nitrogen and oxygen atoms in total. The first-order chi connectivity index (χ1) is 23.1. The summed E-state index contributed by atoms with van der Waals surface area (Å²) < 4.78 is 17.1. The van der Waals surface area contributed by atoms with Crippen molar-refractivity contribution in [3.63, 3.8) is 0 Å². The number of hydrogen-bond acceptors (Lipinski definition) is 6. The lowest BCUT2D eigenvalue weighted by molar-refractivity contribution is -0.887. The Morgan fingerprint density at radius 3 is 1.81 bits per heavy atom. The quantitative estimate of drug-likeness (QED) is 0.0268. The molecular weight excluding hydrogens is 606 g/mol. The number of hydrogen-bond donors (Lipinski definition) is 1. The molecule has 2 atom stereocenters. The van der Waals surface area contributed by atoms with Gasteiger partial charge >= 0.3 is 17.9 Å². The molecule has 0 saturated heterocycles. The molecule has 48 heavy (non-hydrogen) atoms. The smallest absolute Gasteiger partial charge is 0.362 e. The topological polar surface area (TPSA) is 99.1 Å². The third-order valence-electron chi connectivity index (χ3n) is 7.47. The lowest BCUT2D eigenvalue weighted by atomic mass is 10.1. The van der Waals surface area contributed by atoms with Crippen molar-refractivity contribution in [2.75, 3.05) is 41.0 Å².